The van der Waals surface area contributed by atoms with Gasteiger partial charge < -0.3 is 29.8 Å². The number of Topliss-reactive ketones (excluding diaryl/α,β-unsaturated/α-hetero) is 1. The number of imide groups is 1. The van der Waals surface area contributed by atoms with Crippen LogP contribution in [0.2, 0.25) is 0 Å². The van der Waals surface area contributed by atoms with E-state index in [2.05, 4.69) is 36.5 Å². The molecule has 5 amide bonds. The zero-order valence-corrected chi connectivity index (χ0v) is 38.0. The SMILES string of the molecule is CC(=O)c1c(C)c2cnc(Nc3ccc(N4CCN(C(=O)N5CCC(CC6CCN(c7ccc8c(c7)CN(C7CCC(=O)NC7=O)C8=O)CC6)CC5)CC4)cn3)nc2n(C2CCCC2)c1=O. The minimum Gasteiger partial charge on any atom is -0.372 e. The van der Waals surface area contributed by atoms with E-state index in [0.717, 1.165) is 94.5 Å². The zero-order chi connectivity index (χ0) is 45.6. The number of urea groups is 1. The summed E-state index contributed by atoms with van der Waals surface area (Å²) < 4.78 is 1.71. The Balaban J connectivity index is 0.669. The molecule has 0 bridgehead atoms. The van der Waals surface area contributed by atoms with Crippen molar-refractivity contribution in [3.8, 4) is 0 Å². The number of carbonyl (C=O) groups excluding carboxylic acids is 5. The van der Waals surface area contributed by atoms with Crippen molar-refractivity contribution >= 4 is 63.7 Å². The topological polar surface area (TPSA) is 186 Å². The summed E-state index contributed by atoms with van der Waals surface area (Å²) in [6, 6.07) is 9.46. The number of likely N-dealkylation sites (tertiary alicyclic amines) is 1. The predicted molar refractivity (Wildman–Crippen MR) is 249 cm³/mol. The van der Waals surface area contributed by atoms with Crippen molar-refractivity contribution in [1.82, 2.24) is 39.5 Å². The molecule has 1 unspecified atom stereocenters. The normalized spacial score (nSPS) is 21.2. The number of hydrogen-bond donors (Lipinski definition) is 2. The molecule has 5 aliphatic heterocycles. The maximum absolute atomic E-state index is 13.7. The van der Waals surface area contributed by atoms with Crippen molar-refractivity contribution < 1.29 is 24.0 Å². The molecule has 2 N–H and O–H groups in total. The number of ketones is 1. The third-order valence-corrected chi connectivity index (χ3v) is 15.2. The molecule has 0 spiro atoms. The fourth-order valence-corrected chi connectivity index (χ4v) is 11.4. The minimum atomic E-state index is -0.606. The van der Waals surface area contributed by atoms with Gasteiger partial charge in [-0.05, 0) is 119 Å². The van der Waals surface area contributed by atoms with Gasteiger partial charge in [-0.1, -0.05) is 12.8 Å². The Morgan fingerprint density at radius 3 is 2.14 bits per heavy atom. The highest BCUT2D eigenvalue weighted by Crippen LogP contribution is 2.36. The molecule has 346 valence electrons. The summed E-state index contributed by atoms with van der Waals surface area (Å²) in [4.78, 5) is 101. The molecule has 5 fully saturated rings. The van der Waals surface area contributed by atoms with Crippen molar-refractivity contribution in [1.29, 1.82) is 0 Å². The summed E-state index contributed by atoms with van der Waals surface area (Å²) in [5.41, 5.74) is 4.75. The second kappa shape index (κ2) is 18.1. The molecular formula is C49H59N11O6. The maximum atomic E-state index is 13.7. The average Bonchev–Trinajstić information content (AvgIpc) is 3.97. The number of fused-ring (bicyclic) bond motifs is 2. The van der Waals surface area contributed by atoms with E-state index in [4.69, 9.17) is 4.98 Å². The van der Waals surface area contributed by atoms with Crippen LogP contribution in [0, 0.1) is 18.8 Å². The van der Waals surface area contributed by atoms with Gasteiger partial charge in [0.25, 0.3) is 11.5 Å². The van der Waals surface area contributed by atoms with Crippen molar-refractivity contribution in [2.45, 2.75) is 103 Å². The number of anilines is 4. The van der Waals surface area contributed by atoms with E-state index in [9.17, 15) is 28.8 Å². The molecule has 17 nitrogen and oxygen atoms in total. The Labute approximate surface area is 383 Å². The summed E-state index contributed by atoms with van der Waals surface area (Å²) >= 11 is 0. The number of nitrogens with zero attached hydrogens (tertiary/aromatic N) is 9. The molecule has 4 saturated heterocycles. The Morgan fingerprint density at radius 1 is 0.773 bits per heavy atom. The van der Waals surface area contributed by atoms with Crippen LogP contribution in [0.5, 0.6) is 0 Å². The smallest absolute Gasteiger partial charge is 0.320 e. The predicted octanol–water partition coefficient (Wildman–Crippen LogP) is 5.58. The number of amides is 5. The summed E-state index contributed by atoms with van der Waals surface area (Å²) in [6.07, 6.45) is 13.4. The van der Waals surface area contributed by atoms with Crippen LogP contribution in [0.25, 0.3) is 11.0 Å². The van der Waals surface area contributed by atoms with Gasteiger partial charge in [0, 0.05) is 94.2 Å². The summed E-state index contributed by atoms with van der Waals surface area (Å²) in [7, 11) is 0. The van der Waals surface area contributed by atoms with Crippen molar-refractivity contribution in [2.75, 3.05) is 67.5 Å². The number of hydrogen-bond acceptors (Lipinski definition) is 12. The van der Waals surface area contributed by atoms with E-state index in [1.807, 2.05) is 40.3 Å². The fraction of sp³-hybridized carbons (Fsp3) is 0.531. The van der Waals surface area contributed by atoms with Crippen LogP contribution in [0.1, 0.15) is 115 Å². The molecule has 0 radical (unpaired) electrons. The molecule has 17 heteroatoms. The van der Waals surface area contributed by atoms with Crippen LogP contribution in [0.3, 0.4) is 0 Å². The lowest BCUT2D eigenvalue weighted by Gasteiger charge is -2.41. The number of carbonyl (C=O) groups is 5. The van der Waals surface area contributed by atoms with Crippen LogP contribution in [0.4, 0.5) is 27.9 Å². The lowest BCUT2D eigenvalue weighted by Crippen LogP contribution is -2.54. The third kappa shape index (κ3) is 8.47. The first kappa shape index (κ1) is 43.5. The van der Waals surface area contributed by atoms with E-state index in [0.29, 0.717) is 84.9 Å². The first-order chi connectivity index (χ1) is 32.0. The number of aryl methyl sites for hydroxylation is 1. The Hall–Kier alpha value is -6.39. The summed E-state index contributed by atoms with van der Waals surface area (Å²) in [6.45, 7) is 9.86. The van der Waals surface area contributed by atoms with E-state index >= 15 is 0 Å². The highest BCUT2D eigenvalue weighted by atomic mass is 16.2. The van der Waals surface area contributed by atoms with Gasteiger partial charge in [-0.15, -0.1) is 0 Å². The lowest BCUT2D eigenvalue weighted by molar-refractivity contribution is -0.136. The third-order valence-electron chi connectivity index (χ3n) is 15.2. The van der Waals surface area contributed by atoms with Gasteiger partial charge in [-0.25, -0.2) is 14.8 Å². The monoisotopic (exact) mass is 897 g/mol. The number of pyridine rings is 2. The van der Waals surface area contributed by atoms with E-state index < -0.39 is 6.04 Å². The minimum absolute atomic E-state index is 0.000293. The van der Waals surface area contributed by atoms with Crippen LogP contribution < -0.4 is 26.0 Å². The maximum Gasteiger partial charge on any atom is 0.320 e. The van der Waals surface area contributed by atoms with Crippen LogP contribution in [0.15, 0.2) is 47.5 Å². The molecule has 3 aromatic heterocycles. The lowest BCUT2D eigenvalue weighted by atomic mass is 9.82. The second-order valence-electron chi connectivity index (χ2n) is 19.2. The Morgan fingerprint density at radius 2 is 1.45 bits per heavy atom. The molecule has 10 rings (SSSR count). The van der Waals surface area contributed by atoms with Crippen molar-refractivity contribution in [3.05, 3.63) is 75.3 Å². The summed E-state index contributed by atoms with van der Waals surface area (Å²) in [5.74, 6) is 1.12. The standard InChI is InChI=1S/C49H59N11O6/c1-30-39-28-51-48(54-44(39)60(35-5-3-4-6-35)47(65)43(30)31(2)61)52-41-11-8-37(27-50-41)56-21-23-58(24-22-56)49(66)57-19-15-33(16-20-57)25-32-13-17-55(18-14-32)36-7-9-38-34(26-36)29-59(46(38)64)40-10-12-42(62)53-45(40)63/h7-9,11,26-28,32-33,35,40H,3-6,10,12-25,29H2,1-2H3,(H,53,62,63)(H,50,51,52,54). The zero-order valence-electron chi connectivity index (χ0n) is 38.0. The molecule has 1 atom stereocenters. The first-order valence-electron chi connectivity index (χ1n) is 24.0. The molecule has 4 aromatic rings. The number of piperazine rings is 1. The van der Waals surface area contributed by atoms with Gasteiger partial charge >= 0.3 is 6.03 Å². The number of benzene rings is 1. The average molecular weight is 898 g/mol. The highest BCUT2D eigenvalue weighted by molar-refractivity contribution is 6.05. The molecule has 1 aromatic carbocycles. The number of rotatable bonds is 9. The van der Waals surface area contributed by atoms with Crippen LogP contribution >= 0.6 is 0 Å². The molecular weight excluding hydrogens is 839 g/mol. The van der Waals surface area contributed by atoms with E-state index in [-0.39, 0.29) is 53.1 Å². The van der Waals surface area contributed by atoms with Gasteiger partial charge in [0.05, 0.1) is 17.4 Å². The van der Waals surface area contributed by atoms with Gasteiger partial charge in [-0.3, -0.25) is 33.9 Å². The molecule has 66 heavy (non-hydrogen) atoms. The van der Waals surface area contributed by atoms with Crippen LogP contribution in [-0.4, -0.2) is 122 Å². The van der Waals surface area contributed by atoms with Gasteiger partial charge in [0.15, 0.2) is 5.78 Å². The Bertz CT molecular complexity index is 2620. The second-order valence-corrected chi connectivity index (χ2v) is 19.2. The Kier molecular flexibility index (Phi) is 11.9. The van der Waals surface area contributed by atoms with E-state index in [1.165, 1.54) is 13.3 Å². The molecule has 8 heterocycles. The van der Waals surface area contributed by atoms with E-state index in [1.54, 1.807) is 22.6 Å². The number of aromatic nitrogens is 4. The summed E-state index contributed by atoms with van der Waals surface area (Å²) in [5, 5.41) is 6.29. The molecule has 1 aliphatic carbocycles. The first-order valence-corrected chi connectivity index (χ1v) is 24.0. The largest absolute Gasteiger partial charge is 0.372 e. The van der Waals surface area contributed by atoms with Crippen molar-refractivity contribution in [3.63, 3.8) is 0 Å². The van der Waals surface area contributed by atoms with Gasteiger partial charge in [-0.2, -0.15) is 4.98 Å². The molecule has 1 saturated carbocycles. The van der Waals surface area contributed by atoms with Crippen LogP contribution in [-0.2, 0) is 16.1 Å². The van der Waals surface area contributed by atoms with Gasteiger partial charge in [0.2, 0.25) is 17.8 Å². The fourth-order valence-electron chi connectivity index (χ4n) is 11.4. The molecule has 6 aliphatic rings. The number of nitrogens with one attached hydrogen (secondary N) is 2. The highest BCUT2D eigenvalue weighted by Gasteiger charge is 2.40. The number of piperidine rings is 3. The quantitative estimate of drug-likeness (QED) is 0.157. The van der Waals surface area contributed by atoms with Gasteiger partial charge in [0.1, 0.15) is 17.5 Å². The van der Waals surface area contributed by atoms with Crippen molar-refractivity contribution in [2.24, 2.45) is 11.8 Å².